The van der Waals surface area contributed by atoms with Gasteiger partial charge in [0.15, 0.2) is 0 Å². The Morgan fingerprint density at radius 3 is 2.64 bits per heavy atom. The van der Waals surface area contributed by atoms with E-state index >= 15 is 0 Å². The van der Waals surface area contributed by atoms with Gasteiger partial charge in [0.05, 0.1) is 12.6 Å². The van der Waals surface area contributed by atoms with Crippen molar-refractivity contribution in [3.05, 3.63) is 0 Å². The number of nitrogens with one attached hydrogen (secondary N) is 1. The first-order valence-corrected chi connectivity index (χ1v) is 9.50. The zero-order chi connectivity index (χ0) is 16.2. The van der Waals surface area contributed by atoms with Gasteiger partial charge in [0, 0.05) is 45.4 Å². The lowest BCUT2D eigenvalue weighted by atomic mass is 9.85. The molecule has 0 aromatic heterocycles. The van der Waals surface area contributed by atoms with Crippen molar-refractivity contribution in [2.24, 2.45) is 5.92 Å². The predicted molar refractivity (Wildman–Crippen MR) is 106 cm³/mol. The molecule has 2 heterocycles. The minimum absolute atomic E-state index is 0. The number of carbonyl (C=O) groups excluding carboxylic acids is 1. The molecule has 0 aromatic rings. The van der Waals surface area contributed by atoms with Crippen LogP contribution < -0.4 is 5.32 Å². The molecule has 1 saturated carbocycles. The Morgan fingerprint density at radius 1 is 1.20 bits per heavy atom. The Labute approximate surface area is 165 Å². The third-order valence-electron chi connectivity index (χ3n) is 6.13. The summed E-state index contributed by atoms with van der Waals surface area (Å²) in [6, 6.07) is 1.15. The topological polar surface area (TPSA) is 44.8 Å². The van der Waals surface area contributed by atoms with Crippen LogP contribution in [0.5, 0.6) is 0 Å². The number of hydrogen-bond donors (Lipinski definition) is 1. The summed E-state index contributed by atoms with van der Waals surface area (Å²) >= 11 is 0. The Hall–Kier alpha value is -0.0700. The van der Waals surface area contributed by atoms with Crippen molar-refractivity contribution in [2.75, 3.05) is 39.9 Å². The highest BCUT2D eigenvalue weighted by atomic mass is 35.5. The first-order chi connectivity index (χ1) is 11.2. The monoisotopic (exact) mass is 395 g/mol. The maximum atomic E-state index is 12.9. The smallest absolute Gasteiger partial charge is 0.239 e. The largest absolute Gasteiger partial charge is 0.383 e. The van der Waals surface area contributed by atoms with Crippen LogP contribution in [0.15, 0.2) is 0 Å². The van der Waals surface area contributed by atoms with Crippen molar-refractivity contribution >= 4 is 30.7 Å². The van der Waals surface area contributed by atoms with Gasteiger partial charge in [-0.3, -0.25) is 9.69 Å². The molecule has 3 aliphatic rings. The molecular formula is C18H35Cl2N3O2. The predicted octanol–water partition coefficient (Wildman–Crippen LogP) is 2.32. The van der Waals surface area contributed by atoms with Crippen LogP contribution in [-0.4, -0.2) is 73.7 Å². The van der Waals surface area contributed by atoms with E-state index in [0.29, 0.717) is 18.0 Å². The van der Waals surface area contributed by atoms with Crippen LogP contribution in [0.25, 0.3) is 0 Å². The van der Waals surface area contributed by atoms with E-state index in [1.807, 2.05) is 0 Å². The molecule has 3 fully saturated rings. The normalized spacial score (nSPS) is 32.5. The Morgan fingerprint density at radius 2 is 1.96 bits per heavy atom. The second-order valence-electron chi connectivity index (χ2n) is 7.48. The molecule has 25 heavy (non-hydrogen) atoms. The second kappa shape index (κ2) is 10.9. The second-order valence-corrected chi connectivity index (χ2v) is 7.48. The van der Waals surface area contributed by atoms with Crippen LogP contribution >= 0.6 is 24.8 Å². The zero-order valence-corrected chi connectivity index (χ0v) is 17.2. The van der Waals surface area contributed by atoms with Crippen molar-refractivity contribution in [3.8, 4) is 0 Å². The number of ether oxygens (including phenoxy) is 1. The molecule has 2 aliphatic heterocycles. The number of nitrogens with zero attached hydrogens (tertiary/aromatic N) is 2. The minimum atomic E-state index is 0. The number of rotatable bonds is 5. The quantitative estimate of drug-likeness (QED) is 0.775. The van der Waals surface area contributed by atoms with Crippen LogP contribution in [0.2, 0.25) is 0 Å². The lowest BCUT2D eigenvalue weighted by Gasteiger charge is -2.42. The average Bonchev–Trinajstić information content (AvgIpc) is 3.03. The fourth-order valence-corrected chi connectivity index (χ4v) is 4.71. The van der Waals surface area contributed by atoms with E-state index in [-0.39, 0.29) is 30.9 Å². The van der Waals surface area contributed by atoms with E-state index in [9.17, 15) is 4.79 Å². The van der Waals surface area contributed by atoms with Crippen molar-refractivity contribution in [1.29, 1.82) is 0 Å². The van der Waals surface area contributed by atoms with Crippen LogP contribution in [0, 0.1) is 5.92 Å². The fraction of sp³-hybridized carbons (Fsp3) is 0.944. The highest BCUT2D eigenvalue weighted by Crippen LogP contribution is 2.33. The summed E-state index contributed by atoms with van der Waals surface area (Å²) in [5, 5.41) is 3.64. The number of hydrogen-bond acceptors (Lipinski definition) is 4. The van der Waals surface area contributed by atoms with Crippen LogP contribution in [0.4, 0.5) is 0 Å². The summed E-state index contributed by atoms with van der Waals surface area (Å²) in [7, 11) is 1.76. The van der Waals surface area contributed by atoms with Crippen molar-refractivity contribution in [3.63, 3.8) is 0 Å². The van der Waals surface area contributed by atoms with Gasteiger partial charge >= 0.3 is 0 Å². The van der Waals surface area contributed by atoms with Crippen molar-refractivity contribution in [2.45, 2.75) is 63.6 Å². The van der Waals surface area contributed by atoms with Gasteiger partial charge in [-0.15, -0.1) is 24.8 Å². The molecule has 0 radical (unpaired) electrons. The number of methoxy groups -OCH3 is 1. The molecule has 0 spiro atoms. The summed E-state index contributed by atoms with van der Waals surface area (Å²) in [5.74, 6) is 1.09. The molecular weight excluding hydrogens is 361 g/mol. The number of piperazine rings is 1. The number of halogens is 2. The van der Waals surface area contributed by atoms with Crippen molar-refractivity contribution in [1.82, 2.24) is 15.1 Å². The Bertz CT molecular complexity index is 400. The maximum absolute atomic E-state index is 12.9. The first-order valence-electron chi connectivity index (χ1n) is 9.50. The molecule has 0 aromatic carbocycles. The Kier molecular flexibility index (Phi) is 10.0. The SMILES string of the molecule is CCC1CN(C(=O)C2CC3CCCCC3N2)CCN1CCOC.Cl.Cl. The highest BCUT2D eigenvalue weighted by Gasteiger charge is 2.40. The van der Waals surface area contributed by atoms with E-state index in [0.717, 1.165) is 51.5 Å². The van der Waals surface area contributed by atoms with Gasteiger partial charge in [0.1, 0.15) is 0 Å². The molecule has 1 N–H and O–H groups in total. The third-order valence-corrected chi connectivity index (χ3v) is 6.13. The molecule has 0 bridgehead atoms. The van der Waals surface area contributed by atoms with Gasteiger partial charge in [-0.2, -0.15) is 0 Å². The lowest BCUT2D eigenvalue weighted by Crippen LogP contribution is -2.58. The highest BCUT2D eigenvalue weighted by molar-refractivity contribution is 5.85. The summed E-state index contributed by atoms with van der Waals surface area (Å²) < 4.78 is 5.21. The molecule has 2 saturated heterocycles. The molecule has 4 unspecified atom stereocenters. The minimum Gasteiger partial charge on any atom is -0.383 e. The van der Waals surface area contributed by atoms with Gasteiger partial charge in [0.25, 0.3) is 0 Å². The molecule has 148 valence electrons. The number of fused-ring (bicyclic) bond motifs is 1. The standard InChI is InChI=1S/C18H33N3O2.2ClH/c1-3-15-13-21(9-8-20(15)10-11-23-2)18(22)17-12-14-6-4-5-7-16(14)19-17;;/h14-17,19H,3-13H2,1-2H3;2*1H. The summed E-state index contributed by atoms with van der Waals surface area (Å²) in [4.78, 5) is 17.5. The summed E-state index contributed by atoms with van der Waals surface area (Å²) in [6.07, 6.45) is 7.40. The van der Waals surface area contributed by atoms with Gasteiger partial charge in [-0.05, 0) is 31.6 Å². The molecule has 7 heteroatoms. The van der Waals surface area contributed by atoms with Gasteiger partial charge in [-0.25, -0.2) is 0 Å². The molecule has 1 amide bonds. The van der Waals surface area contributed by atoms with Crippen LogP contribution in [0.3, 0.4) is 0 Å². The van der Waals surface area contributed by atoms with E-state index in [1.165, 1.54) is 25.7 Å². The van der Waals surface area contributed by atoms with E-state index in [2.05, 4.69) is 22.0 Å². The van der Waals surface area contributed by atoms with E-state index in [1.54, 1.807) is 7.11 Å². The third kappa shape index (κ3) is 5.46. The lowest BCUT2D eigenvalue weighted by molar-refractivity contribution is -0.136. The first kappa shape index (κ1) is 23.0. The van der Waals surface area contributed by atoms with Crippen LogP contribution in [0.1, 0.15) is 45.4 Å². The van der Waals surface area contributed by atoms with Gasteiger partial charge in [-0.1, -0.05) is 19.8 Å². The Balaban J connectivity index is 0.00000156. The molecule has 1 aliphatic carbocycles. The summed E-state index contributed by atoms with van der Waals surface area (Å²) in [5.41, 5.74) is 0. The summed E-state index contributed by atoms with van der Waals surface area (Å²) in [6.45, 7) is 6.70. The van der Waals surface area contributed by atoms with E-state index < -0.39 is 0 Å². The zero-order valence-electron chi connectivity index (χ0n) is 15.6. The molecule has 5 nitrogen and oxygen atoms in total. The van der Waals surface area contributed by atoms with Crippen molar-refractivity contribution < 1.29 is 9.53 Å². The van der Waals surface area contributed by atoms with Gasteiger partial charge in [0.2, 0.25) is 5.91 Å². The fourth-order valence-electron chi connectivity index (χ4n) is 4.71. The number of carbonyl (C=O) groups is 1. The number of amides is 1. The molecule has 4 atom stereocenters. The van der Waals surface area contributed by atoms with E-state index in [4.69, 9.17) is 4.74 Å². The molecule has 3 rings (SSSR count). The van der Waals surface area contributed by atoms with Gasteiger partial charge < -0.3 is 15.0 Å². The average molecular weight is 396 g/mol. The van der Waals surface area contributed by atoms with Crippen LogP contribution in [-0.2, 0) is 9.53 Å². The maximum Gasteiger partial charge on any atom is 0.239 e.